The normalized spacial score (nSPS) is 11.5. The lowest BCUT2D eigenvalue weighted by molar-refractivity contribution is -0.154. The monoisotopic (exact) mass is 515 g/mol. The molecule has 188 valence electrons. The lowest BCUT2D eigenvalue weighted by Gasteiger charge is -2.19. The molecule has 5 aromatic rings. The van der Waals surface area contributed by atoms with E-state index in [-0.39, 0.29) is 24.8 Å². The lowest BCUT2D eigenvalue weighted by Crippen LogP contribution is -2.29. The van der Waals surface area contributed by atoms with E-state index in [9.17, 15) is 9.59 Å². The van der Waals surface area contributed by atoms with Crippen LogP contribution in [-0.4, -0.2) is 49.6 Å². The van der Waals surface area contributed by atoms with E-state index < -0.39 is 5.60 Å². The highest BCUT2D eigenvalue weighted by Gasteiger charge is 2.17. The Hall–Kier alpha value is -4.38. The third-order valence-corrected chi connectivity index (χ3v) is 6.38. The first-order valence-corrected chi connectivity index (χ1v) is 12.6. The molecule has 0 saturated carbocycles. The molecule has 2 aromatic carbocycles. The molecular formula is C26H25N7O3S. The predicted molar refractivity (Wildman–Crippen MR) is 143 cm³/mol. The second-order valence-corrected chi connectivity index (χ2v) is 10.3. The SMILES string of the molecule is CC(C)(C)OC(=O)CCNC(=O)c1cccc(Nc2nc3cc(-c4nnn[nH]4)ccc3c3sccc23)c1. The number of hydrogen-bond donors (Lipinski definition) is 3. The number of fused-ring (bicyclic) bond motifs is 3. The Bertz CT molecular complexity index is 1590. The molecule has 0 saturated heterocycles. The van der Waals surface area contributed by atoms with Crippen LogP contribution in [0.4, 0.5) is 11.5 Å². The predicted octanol–water partition coefficient (Wildman–Crippen LogP) is 4.83. The molecule has 0 aliphatic heterocycles. The van der Waals surface area contributed by atoms with E-state index in [1.165, 1.54) is 0 Å². The molecule has 0 fully saturated rings. The minimum absolute atomic E-state index is 0.101. The number of thiophene rings is 1. The maximum atomic E-state index is 12.7. The highest BCUT2D eigenvalue weighted by molar-refractivity contribution is 7.18. The zero-order chi connectivity index (χ0) is 26.0. The number of pyridine rings is 1. The molecular weight excluding hydrogens is 490 g/mol. The zero-order valence-corrected chi connectivity index (χ0v) is 21.3. The average molecular weight is 516 g/mol. The smallest absolute Gasteiger partial charge is 0.308 e. The second kappa shape index (κ2) is 9.94. The fourth-order valence-electron chi connectivity index (χ4n) is 3.87. The van der Waals surface area contributed by atoms with Crippen LogP contribution in [0.3, 0.4) is 0 Å². The summed E-state index contributed by atoms with van der Waals surface area (Å²) in [5, 5.41) is 24.3. The highest BCUT2D eigenvalue weighted by Crippen LogP contribution is 2.36. The van der Waals surface area contributed by atoms with Crippen LogP contribution >= 0.6 is 11.3 Å². The van der Waals surface area contributed by atoms with Crippen LogP contribution in [0.15, 0.2) is 53.9 Å². The first kappa shape index (κ1) is 24.3. The molecule has 1 amide bonds. The number of H-pyrrole nitrogens is 1. The van der Waals surface area contributed by atoms with Crippen molar-refractivity contribution in [3.05, 3.63) is 59.5 Å². The van der Waals surface area contributed by atoms with Gasteiger partial charge in [-0.25, -0.2) is 10.1 Å². The Labute approximate surface area is 216 Å². The number of esters is 1. The molecule has 37 heavy (non-hydrogen) atoms. The van der Waals surface area contributed by atoms with Gasteiger partial charge in [-0.1, -0.05) is 18.2 Å². The molecule has 0 bridgehead atoms. The maximum Gasteiger partial charge on any atom is 0.308 e. The number of hydrogen-bond acceptors (Lipinski definition) is 9. The van der Waals surface area contributed by atoms with Crippen LogP contribution in [-0.2, 0) is 9.53 Å². The summed E-state index contributed by atoms with van der Waals surface area (Å²) in [5.41, 5.74) is 2.26. The van der Waals surface area contributed by atoms with E-state index in [0.717, 1.165) is 32.2 Å². The second-order valence-electron chi connectivity index (χ2n) is 9.40. The third kappa shape index (κ3) is 5.56. The quantitative estimate of drug-likeness (QED) is 0.262. The van der Waals surface area contributed by atoms with Crippen molar-refractivity contribution in [3.8, 4) is 11.4 Å². The van der Waals surface area contributed by atoms with Gasteiger partial charge in [-0.2, -0.15) is 0 Å². The van der Waals surface area contributed by atoms with Gasteiger partial charge >= 0.3 is 5.97 Å². The first-order chi connectivity index (χ1) is 17.8. The molecule has 0 aliphatic rings. The van der Waals surface area contributed by atoms with Crippen LogP contribution in [0.2, 0.25) is 0 Å². The number of aromatic nitrogens is 5. The maximum absolute atomic E-state index is 12.7. The standard InChI is InChI=1S/C26H25N7O3S/c1-26(2,3)36-21(34)9-11-27-25(35)16-5-4-6-17(13-16)28-24-19-10-12-37-22(19)18-8-7-15(14-20(18)29-24)23-30-32-33-31-23/h4-8,10,12-14H,9,11H2,1-3H3,(H,27,35)(H,28,29)(H,30,31,32,33). The summed E-state index contributed by atoms with van der Waals surface area (Å²) >= 11 is 1.64. The number of nitrogens with zero attached hydrogens (tertiary/aromatic N) is 4. The largest absolute Gasteiger partial charge is 0.460 e. The van der Waals surface area contributed by atoms with Gasteiger partial charge in [0.1, 0.15) is 11.4 Å². The van der Waals surface area contributed by atoms with Gasteiger partial charge in [0.05, 0.1) is 11.9 Å². The first-order valence-electron chi connectivity index (χ1n) is 11.7. The van der Waals surface area contributed by atoms with Gasteiger partial charge in [0.15, 0.2) is 5.82 Å². The Balaban J connectivity index is 1.35. The minimum Gasteiger partial charge on any atom is -0.460 e. The Morgan fingerprint density at radius 3 is 2.73 bits per heavy atom. The number of carbonyl (C=O) groups excluding carboxylic acids is 2. The zero-order valence-electron chi connectivity index (χ0n) is 20.5. The number of benzene rings is 2. The van der Waals surface area contributed by atoms with Gasteiger partial charge in [-0.15, -0.1) is 16.4 Å². The fourth-order valence-corrected chi connectivity index (χ4v) is 4.80. The summed E-state index contributed by atoms with van der Waals surface area (Å²) in [4.78, 5) is 29.5. The number of ether oxygens (including phenoxy) is 1. The number of aromatic amines is 1. The molecule has 0 unspecified atom stereocenters. The van der Waals surface area contributed by atoms with Crippen LogP contribution < -0.4 is 10.6 Å². The molecule has 3 N–H and O–H groups in total. The van der Waals surface area contributed by atoms with Gasteiger partial charge in [-0.05, 0) is 66.9 Å². The summed E-state index contributed by atoms with van der Waals surface area (Å²) in [6.45, 7) is 5.62. The summed E-state index contributed by atoms with van der Waals surface area (Å²) in [6.07, 6.45) is 0.101. The minimum atomic E-state index is -0.555. The van der Waals surface area contributed by atoms with Crippen LogP contribution in [0.5, 0.6) is 0 Å². The van der Waals surface area contributed by atoms with Crippen LogP contribution in [0, 0.1) is 0 Å². The fraction of sp³-hybridized carbons (Fsp3) is 0.231. The number of tetrazole rings is 1. The lowest BCUT2D eigenvalue weighted by atomic mass is 10.1. The van der Waals surface area contributed by atoms with Crippen molar-refractivity contribution in [1.29, 1.82) is 0 Å². The van der Waals surface area contributed by atoms with Gasteiger partial charge in [0.2, 0.25) is 0 Å². The van der Waals surface area contributed by atoms with Crippen molar-refractivity contribution < 1.29 is 14.3 Å². The van der Waals surface area contributed by atoms with E-state index >= 15 is 0 Å². The van der Waals surface area contributed by atoms with Crippen LogP contribution in [0.1, 0.15) is 37.6 Å². The molecule has 5 rings (SSSR count). The highest BCUT2D eigenvalue weighted by atomic mass is 32.1. The summed E-state index contributed by atoms with van der Waals surface area (Å²) in [6, 6.07) is 15.1. The number of rotatable bonds is 7. The molecule has 3 aromatic heterocycles. The van der Waals surface area contributed by atoms with Crippen LogP contribution in [0.25, 0.3) is 32.4 Å². The van der Waals surface area contributed by atoms with E-state index in [0.29, 0.717) is 17.2 Å². The van der Waals surface area contributed by atoms with E-state index in [1.54, 1.807) is 29.5 Å². The van der Waals surface area contributed by atoms with E-state index in [2.05, 4.69) is 31.3 Å². The summed E-state index contributed by atoms with van der Waals surface area (Å²) in [5.74, 6) is 0.617. The number of amides is 1. The molecule has 10 nitrogen and oxygen atoms in total. The van der Waals surface area contributed by atoms with Gasteiger partial charge in [0.25, 0.3) is 5.91 Å². The Morgan fingerprint density at radius 2 is 1.95 bits per heavy atom. The van der Waals surface area contributed by atoms with Crippen molar-refractivity contribution in [2.24, 2.45) is 0 Å². The average Bonchev–Trinajstić information content (AvgIpc) is 3.56. The Morgan fingerprint density at radius 1 is 1.08 bits per heavy atom. The van der Waals surface area contributed by atoms with Crippen molar-refractivity contribution in [2.45, 2.75) is 32.8 Å². The molecule has 0 atom stereocenters. The number of anilines is 2. The molecule has 3 heterocycles. The molecule has 0 aliphatic carbocycles. The molecule has 0 radical (unpaired) electrons. The number of nitrogens with one attached hydrogen (secondary N) is 3. The molecule has 0 spiro atoms. The van der Waals surface area contributed by atoms with E-state index in [4.69, 9.17) is 9.72 Å². The third-order valence-electron chi connectivity index (χ3n) is 5.44. The molecule has 11 heteroatoms. The van der Waals surface area contributed by atoms with Gasteiger partial charge in [-0.3, -0.25) is 9.59 Å². The summed E-state index contributed by atoms with van der Waals surface area (Å²) < 4.78 is 6.38. The van der Waals surface area contributed by atoms with E-state index in [1.807, 2.05) is 56.5 Å². The van der Waals surface area contributed by atoms with Gasteiger partial charge in [0, 0.05) is 38.8 Å². The summed E-state index contributed by atoms with van der Waals surface area (Å²) in [7, 11) is 0. The Kier molecular flexibility index (Phi) is 6.53. The van der Waals surface area contributed by atoms with Crippen molar-refractivity contribution >= 4 is 55.7 Å². The van der Waals surface area contributed by atoms with Crippen molar-refractivity contribution in [3.63, 3.8) is 0 Å². The topological polar surface area (TPSA) is 135 Å². The number of carbonyl (C=O) groups is 2. The van der Waals surface area contributed by atoms with Gasteiger partial charge < -0.3 is 15.4 Å². The van der Waals surface area contributed by atoms with Crippen molar-refractivity contribution in [2.75, 3.05) is 11.9 Å². The van der Waals surface area contributed by atoms with Crippen molar-refractivity contribution in [1.82, 2.24) is 30.9 Å².